The molecule has 0 aliphatic heterocycles. The maximum absolute atomic E-state index is 12.9. The number of aromatic hydroxyl groups is 1. The van der Waals surface area contributed by atoms with Gasteiger partial charge in [0.2, 0.25) is 5.56 Å². The molecular formula is C42H47F2N5O7. The number of rotatable bonds is 13. The van der Waals surface area contributed by atoms with Crippen molar-refractivity contribution in [2.45, 2.75) is 76.2 Å². The number of pyridine rings is 1. The molecule has 0 spiro atoms. The van der Waals surface area contributed by atoms with Gasteiger partial charge in [-0.1, -0.05) is 54.6 Å². The number of fused-ring (bicyclic) bond motifs is 2. The second-order valence-electron chi connectivity index (χ2n) is 14.1. The van der Waals surface area contributed by atoms with E-state index in [4.69, 9.17) is 10.2 Å². The molecule has 1 atom stereocenters. The molecule has 0 saturated heterocycles. The number of aromatic amines is 1. The quantitative estimate of drug-likeness (QED) is 0.0694. The molecule has 0 radical (unpaired) electrons. The SMILES string of the molecule is F.F.N[C@H]1CC[C@H](N(C(=O)O)c2cc(CCCCn3c(=O)oc4cc(CNC[C@H](O)c5ccc(O)c6[nH]c(=O)ccc56)ccc43)ccc2-c2ccccc2)CC1. The van der Waals surface area contributed by atoms with E-state index in [9.17, 15) is 29.7 Å². The lowest BCUT2D eigenvalue weighted by Crippen LogP contribution is -2.44. The highest BCUT2D eigenvalue weighted by atomic mass is 19.0. The average molecular weight is 772 g/mol. The third-order valence-electron chi connectivity index (χ3n) is 10.5. The monoisotopic (exact) mass is 771 g/mol. The molecule has 4 aromatic carbocycles. The van der Waals surface area contributed by atoms with E-state index in [1.54, 1.807) is 21.6 Å². The number of unbranched alkanes of at least 4 members (excludes halogenated alkanes) is 1. The van der Waals surface area contributed by atoms with Gasteiger partial charge in [0.05, 0.1) is 22.8 Å². The van der Waals surface area contributed by atoms with E-state index >= 15 is 0 Å². The molecule has 7 N–H and O–H groups in total. The van der Waals surface area contributed by atoms with E-state index < -0.39 is 18.0 Å². The van der Waals surface area contributed by atoms with Gasteiger partial charge >= 0.3 is 11.8 Å². The minimum Gasteiger partial charge on any atom is -0.506 e. The van der Waals surface area contributed by atoms with Gasteiger partial charge in [0.1, 0.15) is 5.75 Å². The minimum absolute atomic E-state index is 0. The topological polar surface area (TPSA) is 187 Å². The minimum atomic E-state index is -0.963. The fourth-order valence-electron chi connectivity index (χ4n) is 7.65. The maximum Gasteiger partial charge on any atom is 0.419 e. The predicted octanol–water partition coefficient (Wildman–Crippen LogP) is 6.71. The highest BCUT2D eigenvalue weighted by Gasteiger charge is 2.30. The number of carbonyl (C=O) groups is 1. The molecule has 0 bridgehead atoms. The zero-order chi connectivity index (χ0) is 37.8. The summed E-state index contributed by atoms with van der Waals surface area (Å²) in [7, 11) is 0. The molecule has 2 aromatic heterocycles. The standard InChI is InChI=1S/C42H45N5O7.2FH/c43-29-11-13-30(14-12-29)47(41(51)52)35-22-26(9-15-31(35)28-7-2-1-3-8-28)6-4-5-21-46-34-18-10-27(23-38(34)54-42(46)53)24-44-25-37(49)32-16-19-36(48)40-33(32)17-20-39(50)45-40;;/h1-3,7-10,15-20,22-23,29-30,37,44,48-49H,4-6,11-14,21,24-25,43H2,(H,45,50)(H,51,52);2*1H/t29-,30-,37-;;/m0../s1. The number of aryl methyl sites for hydroxylation is 2. The van der Waals surface area contributed by atoms with E-state index in [-0.39, 0.29) is 44.9 Å². The van der Waals surface area contributed by atoms with E-state index in [1.165, 1.54) is 12.1 Å². The van der Waals surface area contributed by atoms with Crippen LogP contribution in [0, 0.1) is 0 Å². The van der Waals surface area contributed by atoms with Crippen molar-refractivity contribution in [3.8, 4) is 16.9 Å². The highest BCUT2D eigenvalue weighted by molar-refractivity contribution is 5.94. The van der Waals surface area contributed by atoms with Crippen molar-refractivity contribution in [2.24, 2.45) is 5.73 Å². The van der Waals surface area contributed by atoms with Crippen LogP contribution in [0.15, 0.2) is 105 Å². The number of amides is 1. The van der Waals surface area contributed by atoms with Gasteiger partial charge in [-0.15, -0.1) is 0 Å². The molecule has 0 unspecified atom stereocenters. The number of phenolic OH excluding ortho intramolecular Hbond substituents is 1. The van der Waals surface area contributed by atoms with Gasteiger partial charge in [-0.25, -0.2) is 9.59 Å². The Bertz CT molecular complexity index is 2390. The Balaban J connectivity index is 0.00000300. The number of nitrogens with zero attached hydrogens (tertiary/aromatic N) is 2. The number of hydrogen-bond acceptors (Lipinski definition) is 8. The Kier molecular flexibility index (Phi) is 13.4. The fourth-order valence-corrected chi connectivity index (χ4v) is 7.65. The Morgan fingerprint density at radius 3 is 2.43 bits per heavy atom. The number of benzene rings is 4. The van der Waals surface area contributed by atoms with Crippen LogP contribution in [0.2, 0.25) is 0 Å². The number of phenols is 1. The largest absolute Gasteiger partial charge is 0.506 e. The Hall–Kier alpha value is -5.83. The first-order valence-electron chi connectivity index (χ1n) is 18.5. The molecule has 296 valence electrons. The molecule has 6 aromatic rings. The number of aliphatic hydroxyl groups is 1. The van der Waals surface area contributed by atoms with E-state index in [0.29, 0.717) is 47.2 Å². The number of H-pyrrole nitrogens is 1. The number of halogens is 2. The molecule has 1 saturated carbocycles. The van der Waals surface area contributed by atoms with Crippen molar-refractivity contribution >= 4 is 33.8 Å². The molecular weight excluding hydrogens is 724 g/mol. The Morgan fingerprint density at radius 2 is 1.68 bits per heavy atom. The van der Waals surface area contributed by atoms with Crippen molar-refractivity contribution in [3.05, 3.63) is 129 Å². The Labute approximate surface area is 320 Å². The average Bonchev–Trinajstić information content (AvgIpc) is 3.48. The predicted molar refractivity (Wildman–Crippen MR) is 214 cm³/mol. The highest BCUT2D eigenvalue weighted by Crippen LogP contribution is 2.37. The molecule has 1 fully saturated rings. The van der Waals surface area contributed by atoms with Crippen LogP contribution in [-0.2, 0) is 19.5 Å². The fraction of sp³-hybridized carbons (Fsp3) is 0.310. The van der Waals surface area contributed by atoms with E-state index in [0.717, 1.165) is 60.8 Å². The first-order chi connectivity index (χ1) is 26.2. The zero-order valence-corrected chi connectivity index (χ0v) is 30.7. The summed E-state index contributed by atoms with van der Waals surface area (Å²) in [5, 5.41) is 35.3. The molecule has 1 aliphatic carbocycles. The van der Waals surface area contributed by atoms with E-state index in [1.807, 2.05) is 60.7 Å². The lowest BCUT2D eigenvalue weighted by molar-refractivity contribution is 0.176. The number of anilines is 1. The summed E-state index contributed by atoms with van der Waals surface area (Å²) >= 11 is 0. The van der Waals surface area contributed by atoms with Gasteiger partial charge in [0.15, 0.2) is 5.58 Å². The molecule has 1 amide bonds. The third-order valence-corrected chi connectivity index (χ3v) is 10.5. The van der Waals surface area contributed by atoms with Crippen molar-refractivity contribution in [2.75, 3.05) is 11.4 Å². The van der Waals surface area contributed by atoms with Crippen LogP contribution < -0.4 is 27.3 Å². The summed E-state index contributed by atoms with van der Waals surface area (Å²) in [5.74, 6) is -0.497. The molecule has 2 heterocycles. The van der Waals surface area contributed by atoms with Gasteiger partial charge in [-0.05, 0) is 97.5 Å². The van der Waals surface area contributed by atoms with Crippen LogP contribution in [-0.4, -0.2) is 49.6 Å². The third kappa shape index (κ3) is 8.99. The first kappa shape index (κ1) is 41.3. The maximum atomic E-state index is 12.9. The van der Waals surface area contributed by atoms with Gasteiger partial charge in [-0.3, -0.25) is 23.7 Å². The van der Waals surface area contributed by atoms with Crippen LogP contribution in [0.3, 0.4) is 0 Å². The summed E-state index contributed by atoms with van der Waals surface area (Å²) in [6.07, 6.45) is 3.40. The summed E-state index contributed by atoms with van der Waals surface area (Å²) in [6, 6.07) is 27.5. The van der Waals surface area contributed by atoms with Gasteiger partial charge in [0.25, 0.3) is 0 Å². The molecule has 1 aliphatic rings. The first-order valence-corrected chi connectivity index (χ1v) is 18.5. The summed E-state index contributed by atoms with van der Waals surface area (Å²) < 4.78 is 7.25. The number of carboxylic acid groups (broad SMARTS) is 1. The lowest BCUT2D eigenvalue weighted by Gasteiger charge is -2.35. The number of hydrogen-bond donors (Lipinski definition) is 6. The number of oxazole rings is 1. The van der Waals surface area contributed by atoms with Crippen molar-refractivity contribution in [3.63, 3.8) is 0 Å². The van der Waals surface area contributed by atoms with Gasteiger partial charge in [-0.2, -0.15) is 0 Å². The Morgan fingerprint density at radius 1 is 0.929 bits per heavy atom. The van der Waals surface area contributed by atoms with Crippen LogP contribution in [0.25, 0.3) is 33.1 Å². The summed E-state index contributed by atoms with van der Waals surface area (Å²) in [6.45, 7) is 1.09. The number of nitrogens with two attached hydrogens (primary N) is 1. The smallest absolute Gasteiger partial charge is 0.419 e. The molecule has 7 rings (SSSR count). The zero-order valence-electron chi connectivity index (χ0n) is 30.7. The lowest BCUT2D eigenvalue weighted by atomic mass is 9.89. The van der Waals surface area contributed by atoms with E-state index in [2.05, 4.69) is 16.4 Å². The number of aromatic nitrogens is 2. The van der Waals surface area contributed by atoms with Crippen molar-refractivity contribution < 1.29 is 33.9 Å². The van der Waals surface area contributed by atoms with Crippen LogP contribution in [0.5, 0.6) is 5.75 Å². The molecule has 12 nitrogen and oxygen atoms in total. The number of nitrogens with one attached hydrogen (secondary N) is 2. The van der Waals surface area contributed by atoms with Gasteiger partial charge < -0.3 is 35.8 Å². The van der Waals surface area contributed by atoms with Crippen LogP contribution in [0.4, 0.5) is 19.9 Å². The second kappa shape index (κ2) is 18.2. The summed E-state index contributed by atoms with van der Waals surface area (Å²) in [5.41, 5.74) is 12.3. The normalized spacial score (nSPS) is 15.9. The summed E-state index contributed by atoms with van der Waals surface area (Å²) in [4.78, 5) is 41.5. The molecule has 14 heteroatoms. The van der Waals surface area contributed by atoms with Crippen LogP contribution in [0.1, 0.15) is 61.3 Å². The van der Waals surface area contributed by atoms with Crippen molar-refractivity contribution in [1.29, 1.82) is 0 Å². The molecule has 56 heavy (non-hydrogen) atoms. The second-order valence-corrected chi connectivity index (χ2v) is 14.1. The van der Waals surface area contributed by atoms with Crippen LogP contribution >= 0.6 is 0 Å². The van der Waals surface area contributed by atoms with Gasteiger partial charge in [0, 0.05) is 48.7 Å². The van der Waals surface area contributed by atoms with Crippen molar-refractivity contribution in [1.82, 2.24) is 14.9 Å². The number of aliphatic hydroxyl groups excluding tert-OH is 1.